The topological polar surface area (TPSA) is 81.3 Å². The maximum Gasteiger partial charge on any atom is 0.257 e. The molecule has 7 heteroatoms. The Morgan fingerprint density at radius 3 is 2.75 bits per heavy atom. The second-order valence-electron chi connectivity index (χ2n) is 4.65. The molecule has 2 heterocycles. The molecule has 2 rings (SSSR count). The molecule has 108 valence electrons. The van der Waals surface area contributed by atoms with E-state index in [1.165, 1.54) is 6.20 Å². The fraction of sp³-hybridized carbons (Fsp3) is 0.462. The quantitative estimate of drug-likeness (QED) is 0.709. The van der Waals surface area contributed by atoms with Crippen LogP contribution >= 0.6 is 0 Å². The zero-order valence-corrected chi connectivity index (χ0v) is 11.3. The van der Waals surface area contributed by atoms with Gasteiger partial charge in [0, 0.05) is 38.9 Å². The van der Waals surface area contributed by atoms with Crippen LogP contribution in [0, 0.1) is 0 Å². The summed E-state index contributed by atoms with van der Waals surface area (Å²) in [6, 6.07) is 0. The van der Waals surface area contributed by atoms with Crippen molar-refractivity contribution in [3.05, 3.63) is 30.6 Å². The Labute approximate surface area is 117 Å². The second kappa shape index (κ2) is 6.85. The van der Waals surface area contributed by atoms with Crippen molar-refractivity contribution in [3.8, 4) is 0 Å². The third-order valence-electron chi connectivity index (χ3n) is 3.22. The molecule has 1 aliphatic heterocycles. The summed E-state index contributed by atoms with van der Waals surface area (Å²) in [6.07, 6.45) is 4.77. The number of amides is 2. The molecule has 20 heavy (non-hydrogen) atoms. The zero-order valence-electron chi connectivity index (χ0n) is 11.3. The monoisotopic (exact) mass is 277 g/mol. The lowest BCUT2D eigenvalue weighted by molar-refractivity contribution is -0.122. The summed E-state index contributed by atoms with van der Waals surface area (Å²) in [4.78, 5) is 27.5. The van der Waals surface area contributed by atoms with Gasteiger partial charge in [-0.1, -0.05) is 6.08 Å². The first kappa shape index (κ1) is 14.3. The van der Waals surface area contributed by atoms with Crippen LogP contribution in [0.5, 0.6) is 0 Å². The van der Waals surface area contributed by atoms with Crippen molar-refractivity contribution >= 4 is 11.8 Å². The average molecular weight is 277 g/mol. The maximum absolute atomic E-state index is 12.1. The standard InChI is InChI=1S/C13H19N5O2/c1-2-3-14-12(19)10-17-4-6-18(7-5-17)13(20)11-8-15-16-9-11/h2,8-9H,1,3-7,10H2,(H,14,19)(H,15,16). The van der Waals surface area contributed by atoms with Gasteiger partial charge < -0.3 is 10.2 Å². The van der Waals surface area contributed by atoms with Gasteiger partial charge in [0.05, 0.1) is 18.3 Å². The van der Waals surface area contributed by atoms with Gasteiger partial charge in [0.15, 0.2) is 0 Å². The molecule has 0 aliphatic carbocycles. The van der Waals surface area contributed by atoms with Gasteiger partial charge in [-0.25, -0.2) is 0 Å². The van der Waals surface area contributed by atoms with E-state index in [0.29, 0.717) is 44.8 Å². The first-order chi connectivity index (χ1) is 9.70. The summed E-state index contributed by atoms with van der Waals surface area (Å²) < 4.78 is 0. The third kappa shape index (κ3) is 3.67. The molecule has 0 radical (unpaired) electrons. The number of nitrogens with one attached hydrogen (secondary N) is 2. The number of hydrogen-bond acceptors (Lipinski definition) is 4. The highest BCUT2D eigenvalue weighted by molar-refractivity contribution is 5.93. The number of H-pyrrole nitrogens is 1. The van der Waals surface area contributed by atoms with Crippen LogP contribution in [0.2, 0.25) is 0 Å². The van der Waals surface area contributed by atoms with E-state index in [0.717, 1.165) is 0 Å². The highest BCUT2D eigenvalue weighted by atomic mass is 16.2. The minimum Gasteiger partial charge on any atom is -0.352 e. The Bertz CT molecular complexity index is 463. The summed E-state index contributed by atoms with van der Waals surface area (Å²) in [7, 11) is 0. The average Bonchev–Trinajstić information content (AvgIpc) is 2.99. The van der Waals surface area contributed by atoms with E-state index in [-0.39, 0.29) is 11.8 Å². The highest BCUT2D eigenvalue weighted by Crippen LogP contribution is 2.07. The van der Waals surface area contributed by atoms with E-state index in [1.54, 1.807) is 17.2 Å². The normalized spacial score (nSPS) is 15.9. The van der Waals surface area contributed by atoms with Crippen molar-refractivity contribution in [1.29, 1.82) is 0 Å². The van der Waals surface area contributed by atoms with Crippen LogP contribution in [-0.2, 0) is 4.79 Å². The van der Waals surface area contributed by atoms with Gasteiger partial charge in [0.25, 0.3) is 5.91 Å². The van der Waals surface area contributed by atoms with Gasteiger partial charge in [0.1, 0.15) is 0 Å². The first-order valence-electron chi connectivity index (χ1n) is 6.58. The van der Waals surface area contributed by atoms with Crippen LogP contribution in [0.1, 0.15) is 10.4 Å². The van der Waals surface area contributed by atoms with Crippen molar-refractivity contribution in [1.82, 2.24) is 25.3 Å². The van der Waals surface area contributed by atoms with Gasteiger partial charge in [-0.15, -0.1) is 6.58 Å². The summed E-state index contributed by atoms with van der Waals surface area (Å²) in [5.41, 5.74) is 0.571. The molecule has 7 nitrogen and oxygen atoms in total. The first-order valence-corrected chi connectivity index (χ1v) is 6.58. The van der Waals surface area contributed by atoms with Crippen LogP contribution < -0.4 is 5.32 Å². The number of aromatic amines is 1. The SMILES string of the molecule is C=CCNC(=O)CN1CCN(C(=O)c2cn[nH]c2)CC1. The van der Waals surface area contributed by atoms with Crippen molar-refractivity contribution in [2.45, 2.75) is 0 Å². The van der Waals surface area contributed by atoms with Gasteiger partial charge in [-0.3, -0.25) is 19.6 Å². The van der Waals surface area contributed by atoms with Gasteiger partial charge in [-0.2, -0.15) is 5.10 Å². The summed E-state index contributed by atoms with van der Waals surface area (Å²) in [6.45, 7) is 7.05. The summed E-state index contributed by atoms with van der Waals surface area (Å²) in [5.74, 6) is -0.0333. The Hall–Kier alpha value is -2.15. The molecule has 0 saturated carbocycles. The van der Waals surface area contributed by atoms with Crippen molar-refractivity contribution in [3.63, 3.8) is 0 Å². The number of aromatic nitrogens is 2. The summed E-state index contributed by atoms with van der Waals surface area (Å²) in [5, 5.41) is 9.16. The number of carbonyl (C=O) groups excluding carboxylic acids is 2. The molecule has 0 atom stereocenters. The lowest BCUT2D eigenvalue weighted by Gasteiger charge is -2.34. The zero-order chi connectivity index (χ0) is 14.4. The predicted molar refractivity (Wildman–Crippen MR) is 74.1 cm³/mol. The largest absolute Gasteiger partial charge is 0.352 e. The number of rotatable bonds is 5. The lowest BCUT2D eigenvalue weighted by atomic mass is 10.2. The lowest BCUT2D eigenvalue weighted by Crippen LogP contribution is -2.51. The van der Waals surface area contributed by atoms with Crippen molar-refractivity contribution in [2.75, 3.05) is 39.3 Å². The molecule has 1 aromatic rings. The van der Waals surface area contributed by atoms with Crippen LogP contribution in [0.15, 0.2) is 25.0 Å². The third-order valence-corrected chi connectivity index (χ3v) is 3.22. The molecule has 1 fully saturated rings. The van der Waals surface area contributed by atoms with E-state index < -0.39 is 0 Å². The fourth-order valence-electron chi connectivity index (χ4n) is 2.10. The minimum absolute atomic E-state index is 0.0143. The smallest absolute Gasteiger partial charge is 0.257 e. The number of piperazine rings is 1. The van der Waals surface area contributed by atoms with E-state index in [4.69, 9.17) is 0 Å². The Morgan fingerprint density at radius 2 is 2.15 bits per heavy atom. The van der Waals surface area contributed by atoms with E-state index in [9.17, 15) is 9.59 Å². The predicted octanol–water partition coefficient (Wildman–Crippen LogP) is -0.530. The van der Waals surface area contributed by atoms with Crippen LogP contribution in [0.4, 0.5) is 0 Å². The van der Waals surface area contributed by atoms with Crippen molar-refractivity contribution < 1.29 is 9.59 Å². The van der Waals surface area contributed by atoms with Gasteiger partial charge >= 0.3 is 0 Å². The van der Waals surface area contributed by atoms with E-state index >= 15 is 0 Å². The molecule has 1 aliphatic rings. The molecule has 1 saturated heterocycles. The van der Waals surface area contributed by atoms with Gasteiger partial charge in [-0.05, 0) is 0 Å². The number of carbonyl (C=O) groups is 2. The molecule has 0 bridgehead atoms. The Balaban J connectivity index is 1.76. The van der Waals surface area contributed by atoms with E-state index in [1.807, 2.05) is 4.90 Å². The minimum atomic E-state index is -0.0190. The molecule has 1 aromatic heterocycles. The highest BCUT2D eigenvalue weighted by Gasteiger charge is 2.23. The molecule has 2 amide bonds. The maximum atomic E-state index is 12.1. The number of nitrogens with zero attached hydrogens (tertiary/aromatic N) is 3. The van der Waals surface area contributed by atoms with Crippen LogP contribution in [0.3, 0.4) is 0 Å². The fourth-order valence-corrected chi connectivity index (χ4v) is 2.10. The molecular weight excluding hydrogens is 258 g/mol. The van der Waals surface area contributed by atoms with Gasteiger partial charge in [0.2, 0.25) is 5.91 Å². The van der Waals surface area contributed by atoms with E-state index in [2.05, 4.69) is 22.1 Å². The Kier molecular flexibility index (Phi) is 4.89. The van der Waals surface area contributed by atoms with Crippen LogP contribution in [-0.4, -0.2) is 71.1 Å². The molecule has 0 aromatic carbocycles. The van der Waals surface area contributed by atoms with Crippen LogP contribution in [0.25, 0.3) is 0 Å². The molecule has 2 N–H and O–H groups in total. The Morgan fingerprint density at radius 1 is 1.40 bits per heavy atom. The molecule has 0 unspecified atom stereocenters. The number of hydrogen-bond donors (Lipinski definition) is 2. The summed E-state index contributed by atoms with van der Waals surface area (Å²) >= 11 is 0. The molecule has 0 spiro atoms. The second-order valence-corrected chi connectivity index (χ2v) is 4.65. The molecular formula is C13H19N5O2. The van der Waals surface area contributed by atoms with Crippen molar-refractivity contribution in [2.24, 2.45) is 0 Å².